The molecule has 13 heteroatoms. The van der Waals surface area contributed by atoms with Crippen LogP contribution in [-0.4, -0.2) is 60.0 Å². The predicted octanol–water partition coefficient (Wildman–Crippen LogP) is 3.57. The molecule has 2 aromatic rings. The van der Waals surface area contributed by atoms with Crippen molar-refractivity contribution in [3.8, 4) is 0 Å². The molecular weight excluding hydrogens is 561 g/mol. The number of rotatable bonds is 7. The van der Waals surface area contributed by atoms with Crippen molar-refractivity contribution in [2.45, 2.75) is 27.7 Å². The standard InChI is InChI=1S/C30H28BF2N4O6/c1-15-10-17(3)34(5)27(15)26(28-16(2)11-18(4)37(28)31(32)33)20-9-8-19(35-24(38)13-22(42-6)29(35)40)12-21(20)36-25(39)14-23(43-7)30(36)41/h8-14H,1-7H3/q+1. The molecule has 0 saturated heterocycles. The molecule has 0 unspecified atom stereocenters. The number of benzene rings is 1. The molecule has 1 aromatic carbocycles. The second kappa shape index (κ2) is 10.6. The van der Waals surface area contributed by atoms with E-state index in [9.17, 15) is 27.8 Å². The first-order valence-electron chi connectivity index (χ1n) is 13.2. The summed E-state index contributed by atoms with van der Waals surface area (Å²) in [7, 11) is 1.38. The largest absolute Gasteiger partial charge is 0.934 e. The third kappa shape index (κ3) is 4.51. The first kappa shape index (κ1) is 29.4. The number of nitrogens with zero attached hydrogens (tertiary/aromatic N) is 4. The van der Waals surface area contributed by atoms with Crippen LogP contribution in [0.1, 0.15) is 36.4 Å². The maximum atomic E-state index is 14.6. The summed E-state index contributed by atoms with van der Waals surface area (Å²) in [6.07, 6.45) is 3.68. The number of imide groups is 2. The van der Waals surface area contributed by atoms with Crippen molar-refractivity contribution < 1.29 is 41.8 Å². The Morgan fingerprint density at radius 3 is 1.93 bits per heavy atom. The highest BCUT2D eigenvalue weighted by molar-refractivity contribution is 6.35. The number of aromatic nitrogens is 1. The molecule has 0 radical (unpaired) electrons. The molecule has 0 N–H and O–H groups in total. The summed E-state index contributed by atoms with van der Waals surface area (Å²) in [5.41, 5.74) is 3.78. The van der Waals surface area contributed by atoms with E-state index in [2.05, 4.69) is 0 Å². The van der Waals surface area contributed by atoms with Crippen molar-refractivity contribution in [1.29, 1.82) is 0 Å². The molecule has 3 aliphatic rings. The zero-order chi connectivity index (χ0) is 31.5. The molecule has 220 valence electrons. The fraction of sp³-hybridized carbons (Fsp3) is 0.233. The first-order chi connectivity index (χ1) is 20.3. The van der Waals surface area contributed by atoms with E-state index in [1.165, 1.54) is 32.4 Å². The summed E-state index contributed by atoms with van der Waals surface area (Å²) in [4.78, 5) is 54.2. The van der Waals surface area contributed by atoms with Crippen molar-refractivity contribution >= 4 is 53.7 Å². The minimum Gasteiger partial charge on any atom is -0.491 e. The summed E-state index contributed by atoms with van der Waals surface area (Å²) in [6, 6.07) is 6.20. The van der Waals surface area contributed by atoms with Crippen LogP contribution in [0.15, 0.2) is 65.3 Å². The van der Waals surface area contributed by atoms with Crippen molar-refractivity contribution in [3.05, 3.63) is 87.8 Å². The topological polar surface area (TPSA) is 101 Å². The molecule has 0 saturated carbocycles. The Kier molecular flexibility index (Phi) is 7.29. The summed E-state index contributed by atoms with van der Waals surface area (Å²) < 4.78 is 42.2. The highest BCUT2D eigenvalue weighted by Gasteiger charge is 2.46. The van der Waals surface area contributed by atoms with Gasteiger partial charge in [0.2, 0.25) is 0 Å². The normalized spacial score (nSPS) is 18.1. The number of carbonyl (C=O) groups is 4. The maximum absolute atomic E-state index is 14.6. The SMILES string of the molecule is COC1=CC(=O)N(c2ccc(/C(=C3\C(C)=CC(C)=[N+]3B(F)F)c3c(C)cc(C)n3C)c(N3C(=O)C=C(OC)C3=O)c2)C1=O. The number of aryl methyl sites for hydroxylation is 2. The lowest BCUT2D eigenvalue weighted by Crippen LogP contribution is -2.34. The lowest BCUT2D eigenvalue weighted by Gasteiger charge is -2.24. The molecule has 1 aromatic heterocycles. The molecule has 10 nitrogen and oxygen atoms in total. The van der Waals surface area contributed by atoms with Crippen LogP contribution in [0.5, 0.6) is 0 Å². The molecule has 0 aliphatic carbocycles. The van der Waals surface area contributed by atoms with Crippen molar-refractivity contribution in [3.63, 3.8) is 0 Å². The summed E-state index contributed by atoms with van der Waals surface area (Å²) in [5, 5.41) is 0. The average molecular weight is 589 g/mol. The minimum absolute atomic E-state index is 0.0328. The van der Waals surface area contributed by atoms with Gasteiger partial charge in [0.15, 0.2) is 22.9 Å². The Morgan fingerprint density at radius 1 is 0.837 bits per heavy atom. The molecule has 0 fully saturated rings. The van der Waals surface area contributed by atoms with Gasteiger partial charge in [0.05, 0.1) is 49.0 Å². The monoisotopic (exact) mass is 589 g/mol. The highest BCUT2D eigenvalue weighted by atomic mass is 19.2. The predicted molar refractivity (Wildman–Crippen MR) is 155 cm³/mol. The second-order valence-electron chi connectivity index (χ2n) is 10.3. The average Bonchev–Trinajstić information content (AvgIpc) is 3.60. The molecule has 0 atom stereocenters. The van der Waals surface area contributed by atoms with Crippen LogP contribution in [0.4, 0.5) is 20.0 Å². The van der Waals surface area contributed by atoms with Gasteiger partial charge in [-0.25, -0.2) is 22.9 Å². The van der Waals surface area contributed by atoms with E-state index in [-0.39, 0.29) is 34.2 Å². The lowest BCUT2D eigenvalue weighted by molar-refractivity contribution is -0.343. The number of allylic oxidation sites excluding steroid dienone is 2. The fourth-order valence-electron chi connectivity index (χ4n) is 5.76. The molecule has 3 aliphatic heterocycles. The van der Waals surface area contributed by atoms with Crippen LogP contribution in [0.25, 0.3) is 5.57 Å². The smallest absolute Gasteiger partial charge is 0.491 e. The van der Waals surface area contributed by atoms with Crippen molar-refractivity contribution in [2.75, 3.05) is 24.0 Å². The summed E-state index contributed by atoms with van der Waals surface area (Å²) in [5.74, 6) is -3.38. The number of carbonyl (C=O) groups excluding carboxylic acids is 4. The van der Waals surface area contributed by atoms with Crippen molar-refractivity contribution in [2.24, 2.45) is 7.05 Å². The van der Waals surface area contributed by atoms with Gasteiger partial charge < -0.3 is 14.0 Å². The number of amides is 4. The minimum atomic E-state index is -2.90. The van der Waals surface area contributed by atoms with Gasteiger partial charge in [0, 0.05) is 36.9 Å². The fourth-order valence-corrected chi connectivity index (χ4v) is 5.76. The highest BCUT2D eigenvalue weighted by Crippen LogP contribution is 2.43. The Balaban J connectivity index is 1.88. The van der Waals surface area contributed by atoms with E-state index >= 15 is 0 Å². The third-order valence-electron chi connectivity index (χ3n) is 7.72. The third-order valence-corrected chi connectivity index (χ3v) is 7.72. The van der Waals surface area contributed by atoms with Crippen LogP contribution >= 0.6 is 0 Å². The molecule has 43 heavy (non-hydrogen) atoms. The van der Waals surface area contributed by atoms with Gasteiger partial charge in [0.1, 0.15) is 0 Å². The lowest BCUT2D eigenvalue weighted by atomic mass is 9.92. The van der Waals surface area contributed by atoms with Gasteiger partial charge in [0.25, 0.3) is 11.8 Å². The van der Waals surface area contributed by atoms with Gasteiger partial charge in [-0.3, -0.25) is 19.2 Å². The van der Waals surface area contributed by atoms with Gasteiger partial charge >= 0.3 is 19.2 Å². The van der Waals surface area contributed by atoms with Crippen LogP contribution in [0, 0.1) is 13.8 Å². The Hall–Kier alpha value is -5.07. The molecular formula is C30H28BF2N4O6+. The Morgan fingerprint density at radius 2 is 1.42 bits per heavy atom. The summed E-state index contributed by atoms with van der Waals surface area (Å²) >= 11 is 0. The molecule has 0 spiro atoms. The van der Waals surface area contributed by atoms with E-state index in [0.717, 1.165) is 37.7 Å². The van der Waals surface area contributed by atoms with Crippen molar-refractivity contribution in [1.82, 2.24) is 4.57 Å². The number of hydrogen-bond acceptors (Lipinski definition) is 6. The van der Waals surface area contributed by atoms with Crippen LogP contribution in [0.3, 0.4) is 0 Å². The Bertz CT molecular complexity index is 1810. The zero-order valence-electron chi connectivity index (χ0n) is 24.6. The number of hydrogen-bond donors (Lipinski definition) is 0. The van der Waals surface area contributed by atoms with E-state index in [1.807, 2.05) is 24.5 Å². The second-order valence-corrected chi connectivity index (χ2v) is 10.3. The summed E-state index contributed by atoms with van der Waals surface area (Å²) in [6.45, 7) is 6.98. The first-order valence-corrected chi connectivity index (χ1v) is 13.2. The zero-order valence-corrected chi connectivity index (χ0v) is 24.6. The number of halogens is 2. The quantitative estimate of drug-likeness (QED) is 0.362. The van der Waals surface area contributed by atoms with Gasteiger partial charge in [-0.2, -0.15) is 0 Å². The van der Waals surface area contributed by atoms with Gasteiger partial charge in [-0.1, -0.05) is 0 Å². The van der Waals surface area contributed by atoms with Crippen LogP contribution in [-0.2, 0) is 35.7 Å². The molecule has 4 heterocycles. The van der Waals surface area contributed by atoms with Gasteiger partial charge in [-0.05, 0) is 50.6 Å². The van der Waals surface area contributed by atoms with Gasteiger partial charge in [-0.15, -0.1) is 0 Å². The number of anilines is 2. The van der Waals surface area contributed by atoms with E-state index < -0.39 is 31.0 Å². The van der Waals surface area contributed by atoms with E-state index in [4.69, 9.17) is 9.47 Å². The van der Waals surface area contributed by atoms with E-state index in [1.54, 1.807) is 27.0 Å². The van der Waals surface area contributed by atoms with E-state index in [0.29, 0.717) is 22.6 Å². The maximum Gasteiger partial charge on any atom is 0.934 e. The molecule has 0 bridgehead atoms. The van der Waals surface area contributed by atoms with Crippen LogP contribution < -0.4 is 9.80 Å². The van der Waals surface area contributed by atoms with Crippen LogP contribution in [0.2, 0.25) is 0 Å². The number of methoxy groups -OCH3 is 2. The molecule has 5 rings (SSSR count). The molecule has 4 amide bonds. The number of ether oxygens (including phenoxy) is 2. The Labute approximate surface area is 246 Å².